The van der Waals surface area contributed by atoms with Gasteiger partial charge in [0.25, 0.3) is 0 Å². The third-order valence-electron chi connectivity index (χ3n) is 3.02. The second kappa shape index (κ2) is 4.54. The molecule has 0 amide bonds. The SMILES string of the molecule is Cc1cc(Cl)cc(CN2CCC(C)C2)c1. The first-order chi connectivity index (χ1) is 7.13. The number of halogens is 1. The largest absolute Gasteiger partial charge is 0.299 e. The standard InChI is InChI=1S/C13H18ClN/c1-10-3-4-15(8-10)9-12-5-11(2)6-13(14)7-12/h5-7,10H,3-4,8-9H2,1-2H3. The first kappa shape index (κ1) is 11.0. The highest BCUT2D eigenvalue weighted by molar-refractivity contribution is 6.30. The van der Waals surface area contributed by atoms with Crippen LogP contribution in [0.3, 0.4) is 0 Å². The zero-order valence-corrected chi connectivity index (χ0v) is 10.2. The Labute approximate surface area is 97.0 Å². The van der Waals surface area contributed by atoms with Crippen molar-refractivity contribution in [2.24, 2.45) is 5.92 Å². The van der Waals surface area contributed by atoms with Crippen molar-refractivity contribution in [2.75, 3.05) is 13.1 Å². The van der Waals surface area contributed by atoms with Crippen LogP contribution in [0, 0.1) is 12.8 Å². The molecule has 15 heavy (non-hydrogen) atoms. The minimum Gasteiger partial charge on any atom is -0.299 e. The van der Waals surface area contributed by atoms with Crippen LogP contribution in [0.5, 0.6) is 0 Å². The van der Waals surface area contributed by atoms with Crippen molar-refractivity contribution in [3.8, 4) is 0 Å². The van der Waals surface area contributed by atoms with Crippen LogP contribution >= 0.6 is 11.6 Å². The highest BCUT2D eigenvalue weighted by atomic mass is 35.5. The summed E-state index contributed by atoms with van der Waals surface area (Å²) in [7, 11) is 0. The molecule has 1 aliphatic heterocycles. The Kier molecular flexibility index (Phi) is 3.32. The Morgan fingerprint density at radius 1 is 1.40 bits per heavy atom. The van der Waals surface area contributed by atoms with E-state index in [0.29, 0.717) is 0 Å². The lowest BCUT2D eigenvalue weighted by atomic mass is 10.1. The van der Waals surface area contributed by atoms with Gasteiger partial charge in [0, 0.05) is 18.1 Å². The number of benzene rings is 1. The van der Waals surface area contributed by atoms with Gasteiger partial charge in [-0.2, -0.15) is 0 Å². The fourth-order valence-electron chi connectivity index (χ4n) is 2.33. The first-order valence-corrected chi connectivity index (χ1v) is 6.00. The fourth-order valence-corrected chi connectivity index (χ4v) is 2.64. The Morgan fingerprint density at radius 3 is 2.80 bits per heavy atom. The number of nitrogens with zero attached hydrogens (tertiary/aromatic N) is 1. The van der Waals surface area contributed by atoms with Crippen LogP contribution in [0.1, 0.15) is 24.5 Å². The summed E-state index contributed by atoms with van der Waals surface area (Å²) in [6, 6.07) is 6.32. The summed E-state index contributed by atoms with van der Waals surface area (Å²) in [5.41, 5.74) is 2.60. The van der Waals surface area contributed by atoms with Crippen molar-refractivity contribution < 1.29 is 0 Å². The summed E-state index contributed by atoms with van der Waals surface area (Å²) in [5.74, 6) is 0.852. The molecule has 1 aromatic carbocycles. The minimum atomic E-state index is 0.852. The quantitative estimate of drug-likeness (QED) is 0.742. The van der Waals surface area contributed by atoms with E-state index in [1.54, 1.807) is 0 Å². The molecule has 0 saturated carbocycles. The Balaban J connectivity index is 2.04. The molecule has 2 rings (SSSR count). The predicted molar refractivity (Wildman–Crippen MR) is 65.2 cm³/mol. The van der Waals surface area contributed by atoms with Gasteiger partial charge in [0.05, 0.1) is 0 Å². The Bertz CT molecular complexity index is 328. The molecule has 1 atom stereocenters. The van der Waals surface area contributed by atoms with E-state index < -0.39 is 0 Å². The molecule has 2 heteroatoms. The van der Waals surface area contributed by atoms with Crippen LogP contribution in [-0.2, 0) is 6.54 Å². The second-order valence-corrected chi connectivity index (χ2v) is 5.20. The lowest BCUT2D eigenvalue weighted by Crippen LogP contribution is -2.19. The molecule has 1 heterocycles. The molecule has 0 aliphatic carbocycles. The van der Waals surface area contributed by atoms with Crippen LogP contribution in [0.15, 0.2) is 18.2 Å². The van der Waals surface area contributed by atoms with Crippen molar-refractivity contribution in [1.82, 2.24) is 4.90 Å². The number of aryl methyl sites for hydroxylation is 1. The van der Waals surface area contributed by atoms with E-state index in [1.807, 2.05) is 6.07 Å². The van der Waals surface area contributed by atoms with E-state index in [9.17, 15) is 0 Å². The number of likely N-dealkylation sites (tertiary alicyclic amines) is 1. The lowest BCUT2D eigenvalue weighted by Gasteiger charge is -2.15. The molecule has 82 valence electrons. The van der Waals surface area contributed by atoms with Gasteiger partial charge in [-0.3, -0.25) is 4.90 Å². The van der Waals surface area contributed by atoms with Crippen molar-refractivity contribution in [1.29, 1.82) is 0 Å². The molecule has 1 aromatic rings. The first-order valence-electron chi connectivity index (χ1n) is 5.62. The molecule has 0 N–H and O–H groups in total. The number of hydrogen-bond acceptors (Lipinski definition) is 1. The van der Waals surface area contributed by atoms with E-state index in [0.717, 1.165) is 17.5 Å². The van der Waals surface area contributed by atoms with Gasteiger partial charge < -0.3 is 0 Å². The van der Waals surface area contributed by atoms with E-state index in [-0.39, 0.29) is 0 Å². The maximum atomic E-state index is 6.05. The third-order valence-corrected chi connectivity index (χ3v) is 3.23. The average Bonchev–Trinajstić information content (AvgIpc) is 2.49. The van der Waals surface area contributed by atoms with Gasteiger partial charge in [0.15, 0.2) is 0 Å². The summed E-state index contributed by atoms with van der Waals surface area (Å²) in [5, 5.41) is 0.859. The van der Waals surface area contributed by atoms with Gasteiger partial charge in [0.1, 0.15) is 0 Å². The summed E-state index contributed by atoms with van der Waals surface area (Å²) < 4.78 is 0. The van der Waals surface area contributed by atoms with Crippen LogP contribution in [-0.4, -0.2) is 18.0 Å². The second-order valence-electron chi connectivity index (χ2n) is 4.77. The Morgan fingerprint density at radius 2 is 2.20 bits per heavy atom. The monoisotopic (exact) mass is 223 g/mol. The summed E-state index contributed by atoms with van der Waals surface area (Å²) in [6.45, 7) is 7.93. The summed E-state index contributed by atoms with van der Waals surface area (Å²) in [4.78, 5) is 2.51. The van der Waals surface area contributed by atoms with Crippen LogP contribution in [0.25, 0.3) is 0 Å². The third kappa shape index (κ3) is 2.96. The zero-order chi connectivity index (χ0) is 10.8. The molecule has 0 bridgehead atoms. The van der Waals surface area contributed by atoms with Crippen molar-refractivity contribution in [2.45, 2.75) is 26.8 Å². The van der Waals surface area contributed by atoms with E-state index in [1.165, 1.54) is 30.6 Å². The molecule has 1 saturated heterocycles. The smallest absolute Gasteiger partial charge is 0.0411 e. The summed E-state index contributed by atoms with van der Waals surface area (Å²) >= 11 is 6.05. The molecular formula is C13H18ClN. The number of hydrogen-bond donors (Lipinski definition) is 0. The Hall–Kier alpha value is -0.530. The molecule has 1 nitrogen and oxygen atoms in total. The molecule has 0 spiro atoms. The highest BCUT2D eigenvalue weighted by Gasteiger charge is 2.18. The maximum absolute atomic E-state index is 6.05. The van der Waals surface area contributed by atoms with Crippen molar-refractivity contribution in [3.05, 3.63) is 34.3 Å². The van der Waals surface area contributed by atoms with Crippen molar-refractivity contribution >= 4 is 11.6 Å². The van der Waals surface area contributed by atoms with Gasteiger partial charge in [-0.25, -0.2) is 0 Å². The van der Waals surface area contributed by atoms with Crippen LogP contribution < -0.4 is 0 Å². The minimum absolute atomic E-state index is 0.852. The zero-order valence-electron chi connectivity index (χ0n) is 9.46. The van der Waals surface area contributed by atoms with Gasteiger partial charge >= 0.3 is 0 Å². The topological polar surface area (TPSA) is 3.24 Å². The predicted octanol–water partition coefficient (Wildman–Crippen LogP) is 3.49. The van der Waals surface area contributed by atoms with Gasteiger partial charge in [0.2, 0.25) is 0 Å². The van der Waals surface area contributed by atoms with E-state index in [4.69, 9.17) is 11.6 Å². The van der Waals surface area contributed by atoms with Crippen LogP contribution in [0.4, 0.5) is 0 Å². The van der Waals surface area contributed by atoms with Gasteiger partial charge in [-0.15, -0.1) is 0 Å². The molecule has 1 unspecified atom stereocenters. The highest BCUT2D eigenvalue weighted by Crippen LogP contribution is 2.20. The molecule has 1 aliphatic rings. The lowest BCUT2D eigenvalue weighted by molar-refractivity contribution is 0.320. The fraction of sp³-hybridized carbons (Fsp3) is 0.538. The van der Waals surface area contributed by atoms with Crippen molar-refractivity contribution in [3.63, 3.8) is 0 Å². The molecule has 0 aromatic heterocycles. The van der Waals surface area contributed by atoms with Gasteiger partial charge in [-0.1, -0.05) is 24.6 Å². The molecular weight excluding hydrogens is 206 g/mol. The normalized spacial score (nSPS) is 22.2. The average molecular weight is 224 g/mol. The molecule has 1 fully saturated rings. The molecule has 0 radical (unpaired) electrons. The van der Waals surface area contributed by atoms with Gasteiger partial charge in [-0.05, 0) is 49.1 Å². The maximum Gasteiger partial charge on any atom is 0.0411 e. The van der Waals surface area contributed by atoms with E-state index in [2.05, 4.69) is 30.9 Å². The number of rotatable bonds is 2. The van der Waals surface area contributed by atoms with Crippen LogP contribution in [0.2, 0.25) is 5.02 Å². The van der Waals surface area contributed by atoms with E-state index >= 15 is 0 Å². The summed E-state index contributed by atoms with van der Waals surface area (Å²) in [6.07, 6.45) is 1.33.